The molecule has 0 amide bonds. The third-order valence-electron chi connectivity index (χ3n) is 3.41. The highest BCUT2D eigenvalue weighted by molar-refractivity contribution is 5.68. The minimum absolute atomic E-state index is 0.523. The molecule has 18 heavy (non-hydrogen) atoms. The molecule has 1 aromatic rings. The van der Waals surface area contributed by atoms with Crippen molar-refractivity contribution in [2.75, 3.05) is 0 Å². The average Bonchev–Trinajstić information content (AvgIpc) is 2.57. The summed E-state index contributed by atoms with van der Waals surface area (Å²) in [5, 5.41) is 2.71. The summed E-state index contributed by atoms with van der Waals surface area (Å²) in [5.74, 6) is 0.523. The van der Waals surface area contributed by atoms with Crippen LogP contribution in [0.15, 0.2) is 24.3 Å². The van der Waals surface area contributed by atoms with Crippen LogP contribution in [-0.2, 0) is 0 Å². The lowest BCUT2D eigenvalue weighted by Gasteiger charge is -2.01. The van der Waals surface area contributed by atoms with Crippen molar-refractivity contribution in [3.05, 3.63) is 45.8 Å². The molecule has 0 radical (unpaired) electrons. The highest BCUT2D eigenvalue weighted by Gasteiger charge is 2.02. The van der Waals surface area contributed by atoms with Crippen LogP contribution in [-0.4, -0.2) is 0 Å². The molecule has 1 aromatic carbocycles. The molecule has 1 aliphatic rings. The van der Waals surface area contributed by atoms with Crippen molar-refractivity contribution in [3.63, 3.8) is 0 Å². The van der Waals surface area contributed by atoms with Gasteiger partial charge in [0.25, 0.3) is 0 Å². The van der Waals surface area contributed by atoms with Gasteiger partial charge in [-0.3, -0.25) is 0 Å². The highest BCUT2D eigenvalue weighted by Crippen LogP contribution is 2.16. The molecule has 0 nitrogen and oxygen atoms in total. The van der Waals surface area contributed by atoms with Gasteiger partial charge in [-0.05, 0) is 53.0 Å². The molecule has 1 aliphatic carbocycles. The van der Waals surface area contributed by atoms with Crippen molar-refractivity contribution in [2.24, 2.45) is 5.92 Å². The third-order valence-corrected chi connectivity index (χ3v) is 3.41. The molecule has 94 valence electrons. The van der Waals surface area contributed by atoms with Gasteiger partial charge in [0.05, 0.1) is 0 Å². The summed E-state index contributed by atoms with van der Waals surface area (Å²) in [6.07, 6.45) is 15.9. The monoisotopic (exact) mass is 238 g/mol. The fraction of sp³-hybridized carbons (Fsp3) is 0.333. The Morgan fingerprint density at radius 3 is 2.22 bits per heavy atom. The Labute approximate surface area is 110 Å². The molecule has 0 heteroatoms. The molecule has 0 saturated heterocycles. The first-order valence-corrected chi connectivity index (χ1v) is 6.91. The number of rotatable bonds is 2. The Kier molecular flexibility index (Phi) is 4.19. The maximum atomic E-state index is 2.35. The topological polar surface area (TPSA) is 0 Å². The van der Waals surface area contributed by atoms with E-state index in [-0.39, 0.29) is 0 Å². The number of fused-ring (bicyclic) bond motifs is 1. The van der Waals surface area contributed by atoms with E-state index in [1.54, 1.807) is 0 Å². The van der Waals surface area contributed by atoms with Gasteiger partial charge >= 0.3 is 0 Å². The SMILES string of the molecule is C/C=c1/cc2c(c/c1=C/CCC)C=CC(C)C=C2. The summed E-state index contributed by atoms with van der Waals surface area (Å²) in [6, 6.07) is 4.62. The second-order valence-corrected chi connectivity index (χ2v) is 4.97. The molecule has 0 spiro atoms. The standard InChI is InChI=1S/C18H22/c1-4-6-7-16-13-18-11-9-14(3)8-10-17(18)12-15(16)5-2/h5,7-14H,4,6H2,1-3H3/b15-5-,16-7-. The first-order valence-electron chi connectivity index (χ1n) is 6.91. The molecule has 0 bridgehead atoms. The molecule has 0 aromatic heterocycles. The lowest BCUT2D eigenvalue weighted by molar-refractivity contribution is 0.954. The number of hydrogen-bond donors (Lipinski definition) is 0. The summed E-state index contributed by atoms with van der Waals surface area (Å²) < 4.78 is 0. The van der Waals surface area contributed by atoms with Crippen LogP contribution in [0, 0.1) is 5.92 Å². The average molecular weight is 238 g/mol. The Bertz CT molecular complexity index is 585. The van der Waals surface area contributed by atoms with E-state index in [0.29, 0.717) is 5.92 Å². The van der Waals surface area contributed by atoms with E-state index in [4.69, 9.17) is 0 Å². The van der Waals surface area contributed by atoms with Crippen LogP contribution in [0.3, 0.4) is 0 Å². The van der Waals surface area contributed by atoms with E-state index in [2.05, 4.69) is 69.4 Å². The van der Waals surface area contributed by atoms with E-state index in [1.165, 1.54) is 28.0 Å². The zero-order valence-corrected chi connectivity index (χ0v) is 11.6. The van der Waals surface area contributed by atoms with E-state index in [0.717, 1.165) is 6.42 Å². The molecular weight excluding hydrogens is 216 g/mol. The van der Waals surface area contributed by atoms with Crippen molar-refractivity contribution in [3.8, 4) is 0 Å². The Morgan fingerprint density at radius 1 is 1.06 bits per heavy atom. The second kappa shape index (κ2) is 5.86. The van der Waals surface area contributed by atoms with Crippen LogP contribution in [0.2, 0.25) is 0 Å². The number of allylic oxidation sites excluding steroid dienone is 2. The van der Waals surface area contributed by atoms with Crippen molar-refractivity contribution < 1.29 is 0 Å². The van der Waals surface area contributed by atoms with E-state index in [9.17, 15) is 0 Å². The fourth-order valence-electron chi connectivity index (χ4n) is 2.26. The summed E-state index contributed by atoms with van der Waals surface area (Å²) in [4.78, 5) is 0. The smallest absolute Gasteiger partial charge is 0.00752 e. The Hall–Kier alpha value is -1.56. The van der Waals surface area contributed by atoms with Gasteiger partial charge in [-0.15, -0.1) is 0 Å². The summed E-state index contributed by atoms with van der Waals surface area (Å²) in [5.41, 5.74) is 2.67. The zero-order chi connectivity index (χ0) is 13.0. The predicted octanol–water partition coefficient (Wildman–Crippen LogP) is 3.74. The molecule has 0 aliphatic heterocycles. The molecule has 1 unspecified atom stereocenters. The third kappa shape index (κ3) is 2.81. The minimum Gasteiger partial charge on any atom is -0.0798 e. The molecule has 1 atom stereocenters. The normalized spacial score (nSPS) is 20.1. The van der Waals surface area contributed by atoms with Crippen LogP contribution in [0.4, 0.5) is 0 Å². The predicted molar refractivity (Wildman–Crippen MR) is 82.4 cm³/mol. The summed E-state index contributed by atoms with van der Waals surface area (Å²) in [6.45, 7) is 6.55. The number of unbranched alkanes of at least 4 members (excludes halogenated alkanes) is 1. The molecule has 0 N–H and O–H groups in total. The second-order valence-electron chi connectivity index (χ2n) is 4.97. The van der Waals surface area contributed by atoms with Crippen molar-refractivity contribution in [1.29, 1.82) is 0 Å². The zero-order valence-electron chi connectivity index (χ0n) is 11.6. The summed E-state index contributed by atoms with van der Waals surface area (Å²) >= 11 is 0. The first kappa shape index (κ1) is 12.9. The largest absolute Gasteiger partial charge is 0.0798 e. The maximum absolute atomic E-state index is 2.35. The Balaban J connectivity index is 2.61. The van der Waals surface area contributed by atoms with Crippen molar-refractivity contribution in [1.82, 2.24) is 0 Å². The van der Waals surface area contributed by atoms with Crippen LogP contribution in [0.1, 0.15) is 44.7 Å². The molecular formula is C18H22. The number of benzene rings is 1. The van der Waals surface area contributed by atoms with Crippen LogP contribution in [0.25, 0.3) is 24.3 Å². The minimum atomic E-state index is 0.523. The van der Waals surface area contributed by atoms with Crippen LogP contribution in [0.5, 0.6) is 0 Å². The first-order chi connectivity index (χ1) is 8.74. The lowest BCUT2D eigenvalue weighted by Crippen LogP contribution is -2.25. The van der Waals surface area contributed by atoms with Gasteiger partial charge in [-0.2, -0.15) is 0 Å². The van der Waals surface area contributed by atoms with Gasteiger partial charge in [0.15, 0.2) is 0 Å². The molecule has 2 rings (SSSR count). The number of hydrogen-bond acceptors (Lipinski definition) is 0. The van der Waals surface area contributed by atoms with Gasteiger partial charge < -0.3 is 0 Å². The van der Waals surface area contributed by atoms with Gasteiger partial charge in [-0.25, -0.2) is 0 Å². The van der Waals surface area contributed by atoms with Gasteiger partial charge in [0.1, 0.15) is 0 Å². The van der Waals surface area contributed by atoms with Gasteiger partial charge in [0.2, 0.25) is 0 Å². The van der Waals surface area contributed by atoms with E-state index in [1.807, 2.05) is 0 Å². The van der Waals surface area contributed by atoms with Crippen molar-refractivity contribution in [2.45, 2.75) is 33.6 Å². The highest BCUT2D eigenvalue weighted by atomic mass is 14.1. The Morgan fingerprint density at radius 2 is 1.67 bits per heavy atom. The quantitative estimate of drug-likeness (QED) is 0.736. The van der Waals surface area contributed by atoms with Crippen LogP contribution >= 0.6 is 0 Å². The van der Waals surface area contributed by atoms with Crippen LogP contribution < -0.4 is 10.4 Å². The van der Waals surface area contributed by atoms with Gasteiger partial charge in [0, 0.05) is 0 Å². The van der Waals surface area contributed by atoms with E-state index < -0.39 is 0 Å². The molecule has 0 fully saturated rings. The molecule has 0 heterocycles. The summed E-state index contributed by atoms with van der Waals surface area (Å²) in [7, 11) is 0. The van der Waals surface area contributed by atoms with E-state index >= 15 is 0 Å². The fourth-order valence-corrected chi connectivity index (χ4v) is 2.26. The van der Waals surface area contributed by atoms with Crippen molar-refractivity contribution >= 4 is 24.3 Å². The maximum Gasteiger partial charge on any atom is -0.00752 e. The molecule has 0 saturated carbocycles. The van der Waals surface area contributed by atoms with Gasteiger partial charge in [-0.1, -0.05) is 56.7 Å². The lowest BCUT2D eigenvalue weighted by atomic mass is 10.0.